The molecular weight excluding hydrogens is 291 g/mol. The van der Waals surface area contributed by atoms with Crippen molar-refractivity contribution in [2.24, 2.45) is 5.92 Å². The first-order valence-corrected chi connectivity index (χ1v) is 6.84. The van der Waals surface area contributed by atoms with E-state index >= 15 is 0 Å². The minimum absolute atomic E-state index is 0.175. The highest BCUT2D eigenvalue weighted by Crippen LogP contribution is 2.42. The maximum atomic E-state index is 13.1. The predicted octanol–water partition coefficient (Wildman–Crippen LogP) is 4.87. The van der Waals surface area contributed by atoms with Gasteiger partial charge < -0.3 is 5.11 Å². The van der Waals surface area contributed by atoms with Crippen molar-refractivity contribution in [3.8, 4) is 0 Å². The molecule has 0 aromatic heterocycles. The van der Waals surface area contributed by atoms with Gasteiger partial charge in [-0.3, -0.25) is 0 Å². The van der Waals surface area contributed by atoms with Crippen LogP contribution in [0.4, 0.5) is 22.0 Å². The van der Waals surface area contributed by atoms with E-state index in [1.807, 2.05) is 0 Å². The predicted molar refractivity (Wildman–Crippen MR) is 68.0 cm³/mol. The number of halogens is 5. The first-order chi connectivity index (χ1) is 9.60. The Morgan fingerprint density at radius 2 is 1.76 bits per heavy atom. The fourth-order valence-electron chi connectivity index (χ4n) is 2.82. The summed E-state index contributed by atoms with van der Waals surface area (Å²) in [4.78, 5) is 0. The van der Waals surface area contributed by atoms with Crippen molar-refractivity contribution in [2.75, 3.05) is 0 Å². The number of hydrogen-bond acceptors (Lipinski definition) is 1. The minimum atomic E-state index is -4.43. The molecule has 0 saturated heterocycles. The first-order valence-electron chi connectivity index (χ1n) is 6.84. The van der Waals surface area contributed by atoms with E-state index in [2.05, 4.69) is 0 Å². The van der Waals surface area contributed by atoms with Crippen molar-refractivity contribution in [2.45, 2.75) is 50.8 Å². The highest BCUT2D eigenvalue weighted by atomic mass is 19.4. The highest BCUT2D eigenvalue weighted by molar-refractivity contribution is 5.34. The van der Waals surface area contributed by atoms with E-state index in [4.69, 9.17) is 0 Å². The normalized spacial score (nSPS) is 21.3. The molecule has 1 aliphatic carbocycles. The van der Waals surface area contributed by atoms with E-state index in [0.717, 1.165) is 12.1 Å². The second-order valence-corrected chi connectivity index (χ2v) is 5.71. The van der Waals surface area contributed by atoms with Crippen molar-refractivity contribution >= 4 is 0 Å². The summed E-state index contributed by atoms with van der Waals surface area (Å²) in [6.07, 6.45) is -5.64. The fraction of sp³-hybridized carbons (Fsp3) is 0.600. The van der Waals surface area contributed by atoms with Crippen LogP contribution in [0.2, 0.25) is 0 Å². The summed E-state index contributed by atoms with van der Waals surface area (Å²) in [5, 5.41) is 10.3. The number of aliphatic hydroxyl groups excluding tert-OH is 1. The molecule has 0 radical (unpaired) electrons. The molecule has 1 N–H and O–H groups in total. The summed E-state index contributed by atoms with van der Waals surface area (Å²) in [6, 6.07) is 3.15. The second-order valence-electron chi connectivity index (χ2n) is 5.71. The lowest BCUT2D eigenvalue weighted by Gasteiger charge is -2.32. The summed E-state index contributed by atoms with van der Waals surface area (Å²) in [7, 11) is 0. The maximum Gasteiger partial charge on any atom is 0.416 e. The highest BCUT2D eigenvalue weighted by Gasteiger charge is 2.38. The Balaban J connectivity index is 2.15. The van der Waals surface area contributed by atoms with Crippen LogP contribution in [0.25, 0.3) is 0 Å². The Hall–Kier alpha value is -1.17. The first kappa shape index (κ1) is 16.2. The standard InChI is InChI=1S/C15H17F5O/c1-9-8-11(15(18,19)20)2-3-12(9)13(21)10-4-6-14(16,17)7-5-10/h2-3,8,10,13,21H,4-7H2,1H3. The van der Waals surface area contributed by atoms with Crippen LogP contribution < -0.4 is 0 Å². The molecule has 1 nitrogen and oxygen atoms in total. The van der Waals surface area contributed by atoms with Gasteiger partial charge >= 0.3 is 6.18 Å². The molecule has 1 saturated carbocycles. The number of alkyl halides is 5. The van der Waals surface area contributed by atoms with Crippen LogP contribution >= 0.6 is 0 Å². The smallest absolute Gasteiger partial charge is 0.388 e. The molecule has 0 heterocycles. The average molecular weight is 308 g/mol. The molecular formula is C15H17F5O. The number of benzene rings is 1. The summed E-state index contributed by atoms with van der Waals surface area (Å²) in [5.74, 6) is -3.02. The number of hydrogen-bond donors (Lipinski definition) is 1. The van der Waals surface area contributed by atoms with Gasteiger partial charge in [-0.25, -0.2) is 8.78 Å². The molecule has 0 spiro atoms. The third-order valence-electron chi connectivity index (χ3n) is 4.12. The molecule has 1 fully saturated rings. The molecule has 1 atom stereocenters. The van der Waals surface area contributed by atoms with Gasteiger partial charge in [0, 0.05) is 12.8 Å². The van der Waals surface area contributed by atoms with E-state index in [1.165, 1.54) is 13.0 Å². The summed E-state index contributed by atoms with van der Waals surface area (Å²) in [5.41, 5.74) is -0.0565. The van der Waals surface area contributed by atoms with Crippen molar-refractivity contribution < 1.29 is 27.1 Å². The van der Waals surface area contributed by atoms with E-state index in [-0.39, 0.29) is 31.6 Å². The number of aliphatic hydroxyl groups is 1. The average Bonchev–Trinajstić information content (AvgIpc) is 2.36. The number of aryl methyl sites for hydroxylation is 1. The SMILES string of the molecule is Cc1cc(C(F)(F)F)ccc1C(O)C1CCC(F)(F)CC1. The lowest BCUT2D eigenvalue weighted by molar-refractivity contribution is -0.137. The maximum absolute atomic E-state index is 13.1. The quantitative estimate of drug-likeness (QED) is 0.773. The van der Waals surface area contributed by atoms with Crippen LogP contribution in [0.1, 0.15) is 48.5 Å². The van der Waals surface area contributed by atoms with Crippen LogP contribution in [-0.2, 0) is 6.18 Å². The lowest BCUT2D eigenvalue weighted by Crippen LogP contribution is -2.28. The zero-order chi connectivity index (χ0) is 15.8. The Kier molecular flexibility index (Phi) is 4.29. The fourth-order valence-corrected chi connectivity index (χ4v) is 2.82. The molecule has 1 unspecified atom stereocenters. The van der Waals surface area contributed by atoms with Crippen LogP contribution in [0.3, 0.4) is 0 Å². The topological polar surface area (TPSA) is 20.2 Å². The monoisotopic (exact) mass is 308 g/mol. The minimum Gasteiger partial charge on any atom is -0.388 e. The number of rotatable bonds is 2. The van der Waals surface area contributed by atoms with E-state index in [1.54, 1.807) is 0 Å². The Morgan fingerprint density at radius 1 is 1.19 bits per heavy atom. The van der Waals surface area contributed by atoms with Gasteiger partial charge in [-0.2, -0.15) is 13.2 Å². The van der Waals surface area contributed by atoms with E-state index in [9.17, 15) is 27.1 Å². The van der Waals surface area contributed by atoms with Gasteiger partial charge in [0.1, 0.15) is 0 Å². The van der Waals surface area contributed by atoms with Gasteiger partial charge in [0.05, 0.1) is 11.7 Å². The lowest BCUT2D eigenvalue weighted by atomic mass is 9.80. The van der Waals surface area contributed by atoms with Crippen LogP contribution in [-0.4, -0.2) is 11.0 Å². The van der Waals surface area contributed by atoms with Gasteiger partial charge in [0.25, 0.3) is 0 Å². The summed E-state index contributed by atoms with van der Waals surface area (Å²) >= 11 is 0. The third-order valence-corrected chi connectivity index (χ3v) is 4.12. The van der Waals surface area contributed by atoms with Crippen LogP contribution in [0, 0.1) is 12.8 Å². The largest absolute Gasteiger partial charge is 0.416 e. The molecule has 1 aliphatic rings. The van der Waals surface area contributed by atoms with Gasteiger partial charge in [-0.15, -0.1) is 0 Å². The van der Waals surface area contributed by atoms with Crippen LogP contribution in [0.15, 0.2) is 18.2 Å². The molecule has 0 bridgehead atoms. The molecule has 1 aromatic carbocycles. The zero-order valence-corrected chi connectivity index (χ0v) is 11.6. The molecule has 2 rings (SSSR count). The zero-order valence-electron chi connectivity index (χ0n) is 11.6. The van der Waals surface area contributed by atoms with Crippen LogP contribution in [0.5, 0.6) is 0 Å². The van der Waals surface area contributed by atoms with E-state index < -0.39 is 23.8 Å². The van der Waals surface area contributed by atoms with Gasteiger partial charge in [0.2, 0.25) is 5.92 Å². The summed E-state index contributed by atoms with van der Waals surface area (Å²) in [6.45, 7) is 1.49. The Morgan fingerprint density at radius 3 is 2.24 bits per heavy atom. The van der Waals surface area contributed by atoms with Gasteiger partial charge in [0.15, 0.2) is 0 Å². The van der Waals surface area contributed by atoms with Crippen molar-refractivity contribution in [1.29, 1.82) is 0 Å². The van der Waals surface area contributed by atoms with E-state index in [0.29, 0.717) is 11.1 Å². The molecule has 118 valence electrons. The molecule has 1 aromatic rings. The Bertz CT molecular complexity index is 499. The second kappa shape index (κ2) is 5.55. The Labute approximate surface area is 119 Å². The molecule has 0 amide bonds. The summed E-state index contributed by atoms with van der Waals surface area (Å²) < 4.78 is 64.0. The molecule has 21 heavy (non-hydrogen) atoms. The van der Waals surface area contributed by atoms with Crippen molar-refractivity contribution in [3.63, 3.8) is 0 Å². The van der Waals surface area contributed by atoms with Gasteiger partial charge in [-0.1, -0.05) is 6.07 Å². The third kappa shape index (κ3) is 3.73. The van der Waals surface area contributed by atoms with Crippen molar-refractivity contribution in [3.05, 3.63) is 34.9 Å². The molecule has 0 aliphatic heterocycles. The van der Waals surface area contributed by atoms with Gasteiger partial charge in [-0.05, 0) is 48.9 Å². The van der Waals surface area contributed by atoms with Crippen molar-refractivity contribution in [1.82, 2.24) is 0 Å². The molecule has 6 heteroatoms.